The standard InChI is InChI=1S/C24H39N5O/c1-20(21-8-7-9-22(18-21)28-12-3-4-13-28)27-23(25-2)26-19-24(10-16-30-17-11-24)29-14-5-6-15-29/h7-9,18,20H,3-6,10-17,19H2,1-2H3,(H2,25,26,27). The first-order valence-corrected chi connectivity index (χ1v) is 11.9. The minimum absolute atomic E-state index is 0.200. The number of guanidine groups is 1. The number of nitrogens with zero attached hydrogens (tertiary/aromatic N) is 3. The van der Waals surface area contributed by atoms with Crippen molar-refractivity contribution in [3.63, 3.8) is 0 Å². The van der Waals surface area contributed by atoms with Crippen LogP contribution in [-0.2, 0) is 4.74 Å². The maximum Gasteiger partial charge on any atom is 0.191 e. The highest BCUT2D eigenvalue weighted by molar-refractivity contribution is 5.80. The number of hydrogen-bond donors (Lipinski definition) is 2. The fraction of sp³-hybridized carbons (Fsp3) is 0.708. The fourth-order valence-electron chi connectivity index (χ4n) is 5.25. The van der Waals surface area contributed by atoms with Crippen LogP contribution in [0.4, 0.5) is 5.69 Å². The van der Waals surface area contributed by atoms with E-state index in [2.05, 4.69) is 56.6 Å². The smallest absolute Gasteiger partial charge is 0.191 e. The summed E-state index contributed by atoms with van der Waals surface area (Å²) in [7, 11) is 1.87. The van der Waals surface area contributed by atoms with Crippen molar-refractivity contribution in [1.82, 2.24) is 15.5 Å². The lowest BCUT2D eigenvalue weighted by Crippen LogP contribution is -2.58. The molecular weight excluding hydrogens is 374 g/mol. The van der Waals surface area contributed by atoms with Crippen LogP contribution in [0.3, 0.4) is 0 Å². The van der Waals surface area contributed by atoms with Crippen LogP contribution in [0.25, 0.3) is 0 Å². The third-order valence-electron chi connectivity index (χ3n) is 7.20. The van der Waals surface area contributed by atoms with Crippen LogP contribution in [0, 0.1) is 0 Å². The SMILES string of the molecule is CN=C(NCC1(N2CCCC2)CCOCC1)NC(C)c1cccc(N2CCCC2)c1. The number of hydrogen-bond acceptors (Lipinski definition) is 4. The highest BCUT2D eigenvalue weighted by Crippen LogP contribution is 2.31. The summed E-state index contributed by atoms with van der Waals surface area (Å²) < 4.78 is 5.69. The van der Waals surface area contributed by atoms with E-state index < -0.39 is 0 Å². The van der Waals surface area contributed by atoms with Crippen molar-refractivity contribution in [2.24, 2.45) is 4.99 Å². The van der Waals surface area contributed by atoms with Crippen molar-refractivity contribution < 1.29 is 4.74 Å². The Morgan fingerprint density at radius 3 is 2.50 bits per heavy atom. The Kier molecular flexibility index (Phi) is 7.16. The van der Waals surface area contributed by atoms with E-state index >= 15 is 0 Å². The Hall–Kier alpha value is -1.79. The van der Waals surface area contributed by atoms with E-state index in [4.69, 9.17) is 4.74 Å². The minimum atomic E-state index is 0.200. The van der Waals surface area contributed by atoms with E-state index in [0.29, 0.717) is 0 Å². The normalized spacial score (nSPS) is 23.5. The first-order chi connectivity index (χ1) is 14.7. The van der Waals surface area contributed by atoms with E-state index in [1.165, 1.54) is 63.1 Å². The van der Waals surface area contributed by atoms with Crippen molar-refractivity contribution in [1.29, 1.82) is 0 Å². The van der Waals surface area contributed by atoms with Gasteiger partial charge in [-0.3, -0.25) is 9.89 Å². The second-order valence-electron chi connectivity index (χ2n) is 9.11. The van der Waals surface area contributed by atoms with Crippen LogP contribution in [0.1, 0.15) is 57.1 Å². The molecule has 166 valence electrons. The molecule has 2 N–H and O–H groups in total. The van der Waals surface area contributed by atoms with Crippen LogP contribution in [0.5, 0.6) is 0 Å². The molecule has 6 heteroatoms. The summed E-state index contributed by atoms with van der Waals surface area (Å²) in [6.07, 6.45) is 7.45. The van der Waals surface area contributed by atoms with Crippen LogP contribution in [0.2, 0.25) is 0 Å². The van der Waals surface area contributed by atoms with E-state index in [0.717, 1.165) is 38.6 Å². The second-order valence-corrected chi connectivity index (χ2v) is 9.11. The van der Waals surface area contributed by atoms with Gasteiger partial charge in [0.15, 0.2) is 5.96 Å². The van der Waals surface area contributed by atoms with Gasteiger partial charge in [-0.25, -0.2) is 0 Å². The van der Waals surface area contributed by atoms with Crippen LogP contribution in [-0.4, -0.2) is 69.4 Å². The molecule has 3 heterocycles. The summed E-state index contributed by atoms with van der Waals surface area (Å²) in [6, 6.07) is 9.17. The quantitative estimate of drug-likeness (QED) is 0.554. The molecule has 4 rings (SSSR count). The average Bonchev–Trinajstić information content (AvgIpc) is 3.52. The number of anilines is 1. The molecule has 3 fully saturated rings. The maximum absolute atomic E-state index is 5.69. The van der Waals surface area contributed by atoms with E-state index in [1.807, 2.05) is 7.05 Å². The number of ether oxygens (including phenoxy) is 1. The minimum Gasteiger partial charge on any atom is -0.381 e. The Balaban J connectivity index is 1.37. The first kappa shape index (κ1) is 21.4. The molecule has 1 atom stereocenters. The zero-order valence-corrected chi connectivity index (χ0v) is 18.8. The van der Waals surface area contributed by atoms with Gasteiger partial charge in [-0.05, 0) is 76.2 Å². The Bertz CT molecular complexity index is 703. The highest BCUT2D eigenvalue weighted by atomic mass is 16.5. The molecular formula is C24H39N5O. The molecule has 0 radical (unpaired) electrons. The molecule has 0 saturated carbocycles. The molecule has 1 aromatic carbocycles. The van der Waals surface area contributed by atoms with E-state index in [9.17, 15) is 0 Å². The maximum atomic E-state index is 5.69. The van der Waals surface area contributed by atoms with Gasteiger partial charge in [-0.2, -0.15) is 0 Å². The van der Waals surface area contributed by atoms with Gasteiger partial charge in [-0.1, -0.05) is 12.1 Å². The van der Waals surface area contributed by atoms with Crippen molar-refractivity contribution >= 4 is 11.6 Å². The predicted molar refractivity (Wildman–Crippen MR) is 124 cm³/mol. The molecule has 0 aliphatic carbocycles. The molecule has 0 amide bonds. The molecule has 1 aromatic rings. The monoisotopic (exact) mass is 413 g/mol. The molecule has 3 saturated heterocycles. The van der Waals surface area contributed by atoms with Crippen LogP contribution in [0.15, 0.2) is 29.3 Å². The Morgan fingerprint density at radius 2 is 1.80 bits per heavy atom. The molecule has 30 heavy (non-hydrogen) atoms. The zero-order chi connectivity index (χ0) is 20.8. The third-order valence-corrected chi connectivity index (χ3v) is 7.20. The summed E-state index contributed by atoms with van der Waals surface area (Å²) in [5.74, 6) is 0.888. The van der Waals surface area contributed by atoms with Gasteiger partial charge in [0.1, 0.15) is 0 Å². The predicted octanol–water partition coefficient (Wildman–Crippen LogP) is 3.16. The van der Waals surface area contributed by atoms with Crippen molar-refractivity contribution in [2.75, 3.05) is 57.9 Å². The summed E-state index contributed by atoms with van der Waals surface area (Å²) in [6.45, 7) is 9.67. The Labute approximate surface area is 182 Å². The molecule has 0 aromatic heterocycles. The molecule has 3 aliphatic rings. The molecule has 1 unspecified atom stereocenters. The fourth-order valence-corrected chi connectivity index (χ4v) is 5.25. The summed E-state index contributed by atoms with van der Waals surface area (Å²) in [5, 5.41) is 7.28. The lowest BCUT2D eigenvalue weighted by molar-refractivity contribution is -0.0164. The largest absolute Gasteiger partial charge is 0.381 e. The number of nitrogens with one attached hydrogen (secondary N) is 2. The van der Waals surface area contributed by atoms with Gasteiger partial charge in [-0.15, -0.1) is 0 Å². The Morgan fingerprint density at radius 1 is 1.10 bits per heavy atom. The van der Waals surface area contributed by atoms with Gasteiger partial charge in [0, 0.05) is 51.1 Å². The second kappa shape index (κ2) is 10.0. The first-order valence-electron chi connectivity index (χ1n) is 11.9. The summed E-state index contributed by atoms with van der Waals surface area (Å²) >= 11 is 0. The summed E-state index contributed by atoms with van der Waals surface area (Å²) in [5.41, 5.74) is 2.85. The average molecular weight is 414 g/mol. The van der Waals surface area contributed by atoms with E-state index in [1.54, 1.807) is 0 Å². The molecule has 6 nitrogen and oxygen atoms in total. The van der Waals surface area contributed by atoms with Crippen molar-refractivity contribution in [3.8, 4) is 0 Å². The van der Waals surface area contributed by atoms with Gasteiger partial charge < -0.3 is 20.3 Å². The molecule has 0 bridgehead atoms. The van der Waals surface area contributed by atoms with Crippen LogP contribution >= 0.6 is 0 Å². The van der Waals surface area contributed by atoms with Gasteiger partial charge >= 0.3 is 0 Å². The van der Waals surface area contributed by atoms with Crippen molar-refractivity contribution in [3.05, 3.63) is 29.8 Å². The topological polar surface area (TPSA) is 52.1 Å². The number of aliphatic imine (C=N–C) groups is 1. The number of likely N-dealkylation sites (tertiary alicyclic amines) is 1. The van der Waals surface area contributed by atoms with E-state index in [-0.39, 0.29) is 11.6 Å². The zero-order valence-electron chi connectivity index (χ0n) is 18.8. The third kappa shape index (κ3) is 4.92. The van der Waals surface area contributed by atoms with Gasteiger partial charge in [0.2, 0.25) is 0 Å². The van der Waals surface area contributed by atoms with Crippen molar-refractivity contribution in [2.45, 2.75) is 57.0 Å². The number of benzene rings is 1. The molecule has 3 aliphatic heterocycles. The van der Waals surface area contributed by atoms with Crippen LogP contribution < -0.4 is 15.5 Å². The highest BCUT2D eigenvalue weighted by Gasteiger charge is 2.39. The molecule has 0 spiro atoms. The lowest BCUT2D eigenvalue weighted by atomic mass is 9.88. The van der Waals surface area contributed by atoms with Gasteiger partial charge in [0.05, 0.1) is 6.04 Å². The van der Waals surface area contributed by atoms with Gasteiger partial charge in [0.25, 0.3) is 0 Å². The number of rotatable bonds is 6. The lowest BCUT2D eigenvalue weighted by Gasteiger charge is -2.45. The summed E-state index contributed by atoms with van der Waals surface area (Å²) in [4.78, 5) is 9.72.